The molecule has 0 atom stereocenters. The van der Waals surface area contributed by atoms with Crippen molar-refractivity contribution in [3.63, 3.8) is 0 Å². The van der Waals surface area contributed by atoms with Gasteiger partial charge in [-0.05, 0) is 18.4 Å². The third-order valence-electron chi connectivity index (χ3n) is 4.33. The first-order valence-corrected chi connectivity index (χ1v) is 9.07. The Labute approximate surface area is 168 Å². The quantitative estimate of drug-likeness (QED) is 0.259. The lowest BCUT2D eigenvalue weighted by Gasteiger charge is -2.09. The number of aryl methyl sites for hydroxylation is 1. The van der Waals surface area contributed by atoms with Gasteiger partial charge in [0.05, 0.1) is 6.42 Å². The van der Waals surface area contributed by atoms with E-state index in [9.17, 15) is 14.4 Å². The van der Waals surface area contributed by atoms with Crippen molar-refractivity contribution in [3.05, 3.63) is 90.0 Å². The van der Waals surface area contributed by atoms with Gasteiger partial charge < -0.3 is 9.47 Å². The summed E-state index contributed by atoms with van der Waals surface area (Å²) in [5, 5.41) is 1.73. The SMILES string of the molecule is C=C(CC(=O)Oc1cccc2ccccc12)C(=O)OCC(=O)c1ccc(C)cc1. The van der Waals surface area contributed by atoms with Crippen LogP contribution in [0.5, 0.6) is 5.75 Å². The van der Waals surface area contributed by atoms with Crippen LogP contribution in [0.2, 0.25) is 0 Å². The Kier molecular flexibility index (Phi) is 6.19. The molecule has 0 amide bonds. The second kappa shape index (κ2) is 8.97. The summed E-state index contributed by atoms with van der Waals surface area (Å²) >= 11 is 0. The standard InChI is InChI=1S/C24H20O5/c1-16-10-12-19(13-11-16)21(25)15-28-24(27)17(2)14-23(26)29-22-9-5-7-18-6-3-4-8-20(18)22/h3-13H,2,14-15H2,1H3. The molecule has 0 N–H and O–H groups in total. The zero-order chi connectivity index (χ0) is 20.8. The number of ketones is 1. The molecule has 3 aromatic rings. The Morgan fingerprint density at radius 2 is 1.59 bits per heavy atom. The predicted octanol–water partition coefficient (Wildman–Crippen LogP) is 4.43. The van der Waals surface area contributed by atoms with Crippen LogP contribution in [0.4, 0.5) is 0 Å². The lowest BCUT2D eigenvalue weighted by atomic mass is 10.1. The summed E-state index contributed by atoms with van der Waals surface area (Å²) in [6, 6.07) is 19.8. The van der Waals surface area contributed by atoms with Crippen LogP contribution in [0.25, 0.3) is 10.8 Å². The van der Waals surface area contributed by atoms with Crippen molar-refractivity contribution in [2.75, 3.05) is 6.61 Å². The second-order valence-electron chi connectivity index (χ2n) is 6.60. The van der Waals surface area contributed by atoms with Gasteiger partial charge in [0, 0.05) is 16.5 Å². The minimum absolute atomic E-state index is 0.0769. The number of hydrogen-bond acceptors (Lipinski definition) is 5. The first-order valence-electron chi connectivity index (χ1n) is 9.07. The number of ether oxygens (including phenoxy) is 2. The van der Waals surface area contributed by atoms with Crippen LogP contribution in [0, 0.1) is 6.92 Å². The molecular formula is C24H20O5. The van der Waals surface area contributed by atoms with Crippen LogP contribution in [0.1, 0.15) is 22.3 Å². The molecule has 0 aliphatic rings. The molecule has 0 heterocycles. The maximum atomic E-state index is 12.2. The van der Waals surface area contributed by atoms with Gasteiger partial charge in [-0.2, -0.15) is 0 Å². The molecule has 0 saturated heterocycles. The van der Waals surface area contributed by atoms with Crippen LogP contribution in [-0.2, 0) is 14.3 Å². The van der Waals surface area contributed by atoms with Crippen molar-refractivity contribution in [1.82, 2.24) is 0 Å². The van der Waals surface area contributed by atoms with Gasteiger partial charge in [-0.25, -0.2) is 4.79 Å². The minimum atomic E-state index is -0.805. The molecule has 3 rings (SSSR count). The first kappa shape index (κ1) is 20.0. The molecule has 3 aromatic carbocycles. The first-order chi connectivity index (χ1) is 13.9. The summed E-state index contributed by atoms with van der Waals surface area (Å²) in [6.07, 6.45) is -0.333. The highest BCUT2D eigenvalue weighted by Gasteiger charge is 2.17. The second-order valence-corrected chi connectivity index (χ2v) is 6.60. The molecule has 0 radical (unpaired) electrons. The number of rotatable bonds is 7. The Hall–Kier alpha value is -3.73. The van der Waals surface area contributed by atoms with Gasteiger partial charge in [0.2, 0.25) is 0 Å². The fraction of sp³-hybridized carbons (Fsp3) is 0.125. The smallest absolute Gasteiger partial charge is 0.334 e. The largest absolute Gasteiger partial charge is 0.454 e. The molecule has 0 saturated carbocycles. The number of benzene rings is 3. The Bertz CT molecular complexity index is 1070. The summed E-state index contributed by atoms with van der Waals surface area (Å²) in [5.41, 5.74) is 1.40. The highest BCUT2D eigenvalue weighted by molar-refractivity contribution is 6.00. The van der Waals surface area contributed by atoms with E-state index in [4.69, 9.17) is 9.47 Å². The number of Topliss-reactive ketones (excluding diaryl/α,β-unsaturated/α-hetero) is 1. The van der Waals surface area contributed by atoms with Gasteiger partial charge in [-0.3, -0.25) is 9.59 Å². The topological polar surface area (TPSA) is 69.7 Å². The van der Waals surface area contributed by atoms with Crippen molar-refractivity contribution < 1.29 is 23.9 Å². The van der Waals surface area contributed by atoms with E-state index >= 15 is 0 Å². The molecule has 0 bridgehead atoms. The monoisotopic (exact) mass is 388 g/mol. The zero-order valence-corrected chi connectivity index (χ0v) is 16.0. The number of fused-ring (bicyclic) bond motifs is 1. The van der Waals surface area contributed by atoms with Gasteiger partial charge in [-0.1, -0.05) is 72.8 Å². The van der Waals surface area contributed by atoms with E-state index in [2.05, 4.69) is 6.58 Å². The van der Waals surface area contributed by atoms with Crippen LogP contribution in [0.3, 0.4) is 0 Å². The minimum Gasteiger partial charge on any atom is -0.454 e. The fourth-order valence-corrected chi connectivity index (χ4v) is 2.75. The third-order valence-corrected chi connectivity index (χ3v) is 4.33. The number of esters is 2. The molecule has 0 spiro atoms. The van der Waals surface area contributed by atoms with Gasteiger partial charge in [0.15, 0.2) is 12.4 Å². The lowest BCUT2D eigenvalue weighted by Crippen LogP contribution is -2.18. The Morgan fingerprint density at radius 1 is 0.897 bits per heavy atom. The molecule has 0 unspecified atom stereocenters. The summed E-state index contributed by atoms with van der Waals surface area (Å²) in [4.78, 5) is 36.3. The van der Waals surface area contributed by atoms with E-state index in [1.807, 2.05) is 37.3 Å². The molecule has 5 nitrogen and oxygen atoms in total. The summed E-state index contributed by atoms with van der Waals surface area (Å²) in [6.45, 7) is 5.07. The third kappa shape index (κ3) is 5.17. The number of carbonyl (C=O) groups excluding carboxylic acids is 3. The summed E-state index contributed by atoms with van der Waals surface area (Å²) in [7, 11) is 0. The molecular weight excluding hydrogens is 368 g/mol. The Morgan fingerprint density at radius 3 is 2.34 bits per heavy atom. The normalized spacial score (nSPS) is 10.4. The Balaban J connectivity index is 1.53. The predicted molar refractivity (Wildman–Crippen MR) is 110 cm³/mol. The highest BCUT2D eigenvalue weighted by atomic mass is 16.5. The van der Waals surface area contributed by atoms with E-state index in [1.54, 1.807) is 36.4 Å². The van der Waals surface area contributed by atoms with Crippen LogP contribution in [0.15, 0.2) is 78.9 Å². The van der Waals surface area contributed by atoms with Crippen molar-refractivity contribution >= 4 is 28.5 Å². The molecule has 0 aliphatic heterocycles. The van der Waals surface area contributed by atoms with Crippen molar-refractivity contribution in [2.45, 2.75) is 13.3 Å². The van der Waals surface area contributed by atoms with Crippen molar-refractivity contribution in [1.29, 1.82) is 0 Å². The van der Waals surface area contributed by atoms with Crippen molar-refractivity contribution in [3.8, 4) is 5.75 Å². The lowest BCUT2D eigenvalue weighted by molar-refractivity contribution is -0.141. The van der Waals surface area contributed by atoms with E-state index in [1.165, 1.54) is 0 Å². The summed E-state index contributed by atoms with van der Waals surface area (Å²) < 4.78 is 10.4. The average Bonchev–Trinajstić information content (AvgIpc) is 2.72. The molecule has 0 aliphatic carbocycles. The van der Waals surface area contributed by atoms with Crippen LogP contribution in [-0.4, -0.2) is 24.3 Å². The molecule has 0 aromatic heterocycles. The maximum Gasteiger partial charge on any atom is 0.334 e. The number of hydrogen-bond donors (Lipinski definition) is 0. The zero-order valence-electron chi connectivity index (χ0n) is 16.0. The van der Waals surface area contributed by atoms with Crippen LogP contribution < -0.4 is 4.74 Å². The highest BCUT2D eigenvalue weighted by Crippen LogP contribution is 2.25. The molecule has 0 fully saturated rings. The molecule has 146 valence electrons. The fourth-order valence-electron chi connectivity index (χ4n) is 2.75. The van der Waals surface area contributed by atoms with E-state index in [0.717, 1.165) is 16.3 Å². The maximum absolute atomic E-state index is 12.2. The van der Waals surface area contributed by atoms with Crippen molar-refractivity contribution in [2.24, 2.45) is 0 Å². The van der Waals surface area contributed by atoms with Crippen LogP contribution >= 0.6 is 0 Å². The van der Waals surface area contributed by atoms with Gasteiger partial charge in [-0.15, -0.1) is 0 Å². The molecule has 5 heteroatoms. The van der Waals surface area contributed by atoms with E-state index in [0.29, 0.717) is 11.3 Å². The molecule has 29 heavy (non-hydrogen) atoms. The van der Waals surface area contributed by atoms with E-state index in [-0.39, 0.29) is 17.8 Å². The van der Waals surface area contributed by atoms with Gasteiger partial charge >= 0.3 is 11.9 Å². The number of carbonyl (C=O) groups is 3. The van der Waals surface area contributed by atoms with Gasteiger partial charge in [0.1, 0.15) is 5.75 Å². The van der Waals surface area contributed by atoms with E-state index < -0.39 is 18.5 Å². The van der Waals surface area contributed by atoms with Gasteiger partial charge in [0.25, 0.3) is 0 Å². The average molecular weight is 388 g/mol. The summed E-state index contributed by atoms with van der Waals surface area (Å²) in [5.74, 6) is -1.36.